The molecular weight excluding hydrogens is 354 g/mol. The molecule has 28 heavy (non-hydrogen) atoms. The van der Waals surface area contributed by atoms with Crippen molar-refractivity contribution in [3.05, 3.63) is 65.5 Å². The molecule has 0 saturated carbocycles. The van der Waals surface area contributed by atoms with Crippen LogP contribution in [0.4, 0.5) is 0 Å². The molecule has 1 aliphatic rings. The van der Waals surface area contributed by atoms with Crippen LogP contribution in [-0.2, 0) is 0 Å². The van der Waals surface area contributed by atoms with E-state index in [0.717, 1.165) is 41.8 Å². The van der Waals surface area contributed by atoms with Gasteiger partial charge < -0.3 is 14.2 Å². The molecule has 6 heteroatoms. The molecule has 2 aromatic carbocycles. The maximum Gasteiger partial charge on any atom is 0.253 e. The summed E-state index contributed by atoms with van der Waals surface area (Å²) in [5.41, 5.74) is 2.69. The maximum atomic E-state index is 12.9. The molecular formula is C22H23N3O3. The average molecular weight is 377 g/mol. The van der Waals surface area contributed by atoms with Gasteiger partial charge in [0.1, 0.15) is 5.75 Å². The smallest absolute Gasteiger partial charge is 0.253 e. The van der Waals surface area contributed by atoms with Crippen molar-refractivity contribution in [1.82, 2.24) is 15.0 Å². The highest BCUT2D eigenvalue weighted by Crippen LogP contribution is 2.29. The second-order valence-electron chi connectivity index (χ2n) is 7.14. The van der Waals surface area contributed by atoms with E-state index in [2.05, 4.69) is 10.1 Å². The highest BCUT2D eigenvalue weighted by molar-refractivity contribution is 5.94. The zero-order chi connectivity index (χ0) is 19.5. The summed E-state index contributed by atoms with van der Waals surface area (Å²) in [4.78, 5) is 19.3. The molecule has 1 amide bonds. The first kappa shape index (κ1) is 18.2. The van der Waals surface area contributed by atoms with Crippen molar-refractivity contribution in [2.75, 3.05) is 20.2 Å². The Kier molecular flexibility index (Phi) is 5.10. The fourth-order valence-electron chi connectivity index (χ4n) is 3.58. The maximum absolute atomic E-state index is 12.9. The van der Waals surface area contributed by atoms with Gasteiger partial charge in [0.2, 0.25) is 11.7 Å². The van der Waals surface area contributed by atoms with Crippen molar-refractivity contribution in [3.8, 4) is 17.1 Å². The monoisotopic (exact) mass is 377 g/mol. The van der Waals surface area contributed by atoms with Crippen LogP contribution < -0.4 is 4.74 Å². The van der Waals surface area contributed by atoms with E-state index in [1.54, 1.807) is 7.11 Å². The molecule has 0 spiro atoms. The van der Waals surface area contributed by atoms with Gasteiger partial charge in [0.25, 0.3) is 5.91 Å². The quantitative estimate of drug-likeness (QED) is 0.685. The normalized spacial score (nSPS) is 16.8. The first-order chi connectivity index (χ1) is 13.6. The molecule has 3 aromatic rings. The Morgan fingerprint density at radius 1 is 1.21 bits per heavy atom. The molecule has 0 unspecified atom stereocenters. The van der Waals surface area contributed by atoms with Crippen molar-refractivity contribution in [2.24, 2.45) is 0 Å². The minimum atomic E-state index is 0.0574. The summed E-state index contributed by atoms with van der Waals surface area (Å²) in [6, 6.07) is 15.3. The summed E-state index contributed by atoms with van der Waals surface area (Å²) < 4.78 is 10.7. The Hall–Kier alpha value is -3.15. The summed E-state index contributed by atoms with van der Waals surface area (Å²) >= 11 is 0. The van der Waals surface area contributed by atoms with Crippen LogP contribution in [0.3, 0.4) is 0 Å². The van der Waals surface area contributed by atoms with Crippen LogP contribution in [0.1, 0.15) is 40.6 Å². The molecule has 1 fully saturated rings. The molecule has 4 rings (SSSR count). The highest BCUT2D eigenvalue weighted by atomic mass is 16.5. The van der Waals surface area contributed by atoms with Crippen LogP contribution in [0, 0.1) is 6.92 Å². The lowest BCUT2D eigenvalue weighted by Crippen LogP contribution is -2.39. The largest absolute Gasteiger partial charge is 0.497 e. The molecule has 2 heterocycles. The van der Waals surface area contributed by atoms with Crippen LogP contribution in [0.2, 0.25) is 0 Å². The predicted octanol–water partition coefficient (Wildman–Crippen LogP) is 4.07. The first-order valence-electron chi connectivity index (χ1n) is 9.48. The van der Waals surface area contributed by atoms with Crippen molar-refractivity contribution in [1.29, 1.82) is 0 Å². The van der Waals surface area contributed by atoms with Crippen LogP contribution >= 0.6 is 0 Å². The van der Waals surface area contributed by atoms with Gasteiger partial charge in [-0.25, -0.2) is 0 Å². The number of methoxy groups -OCH3 is 1. The molecule has 1 aromatic heterocycles. The topological polar surface area (TPSA) is 68.5 Å². The number of amides is 1. The van der Waals surface area contributed by atoms with E-state index in [1.165, 1.54) is 0 Å². The van der Waals surface area contributed by atoms with E-state index in [4.69, 9.17) is 9.26 Å². The van der Waals surface area contributed by atoms with Crippen molar-refractivity contribution >= 4 is 5.91 Å². The van der Waals surface area contributed by atoms with Gasteiger partial charge in [-0.05, 0) is 56.2 Å². The van der Waals surface area contributed by atoms with Crippen LogP contribution in [0.25, 0.3) is 11.4 Å². The average Bonchev–Trinajstić information content (AvgIpc) is 3.24. The Balaban J connectivity index is 1.49. The van der Waals surface area contributed by atoms with E-state index in [1.807, 2.05) is 60.4 Å². The summed E-state index contributed by atoms with van der Waals surface area (Å²) in [7, 11) is 1.63. The standard InChI is InChI=1S/C22H23N3O3/c1-15-5-3-6-17(13-15)22(26)25-12-4-7-18(14-25)21-23-20(24-28-21)16-8-10-19(27-2)11-9-16/h3,5-6,8-11,13,18H,4,7,12,14H2,1-2H3/t18-/m1/s1. The third kappa shape index (κ3) is 3.76. The van der Waals surface area contributed by atoms with Crippen molar-refractivity contribution in [3.63, 3.8) is 0 Å². The van der Waals surface area contributed by atoms with Gasteiger partial charge in [0.15, 0.2) is 0 Å². The number of aromatic nitrogens is 2. The van der Waals surface area contributed by atoms with E-state index >= 15 is 0 Å². The first-order valence-corrected chi connectivity index (χ1v) is 9.48. The number of hydrogen-bond acceptors (Lipinski definition) is 5. The van der Waals surface area contributed by atoms with E-state index < -0.39 is 0 Å². The molecule has 0 N–H and O–H groups in total. The Morgan fingerprint density at radius 2 is 2.04 bits per heavy atom. The lowest BCUT2D eigenvalue weighted by atomic mass is 9.97. The van der Waals surface area contributed by atoms with Gasteiger partial charge in [-0.1, -0.05) is 22.9 Å². The van der Waals surface area contributed by atoms with Gasteiger partial charge in [-0.2, -0.15) is 4.98 Å². The molecule has 0 radical (unpaired) electrons. The van der Waals surface area contributed by atoms with Crippen molar-refractivity contribution in [2.45, 2.75) is 25.7 Å². The van der Waals surface area contributed by atoms with Gasteiger partial charge in [-0.15, -0.1) is 0 Å². The summed E-state index contributed by atoms with van der Waals surface area (Å²) in [6.07, 6.45) is 1.85. The number of benzene rings is 2. The molecule has 1 aliphatic heterocycles. The second kappa shape index (κ2) is 7.84. The number of hydrogen-bond donors (Lipinski definition) is 0. The van der Waals surface area contributed by atoms with E-state index in [-0.39, 0.29) is 11.8 Å². The van der Waals surface area contributed by atoms with Gasteiger partial charge in [0, 0.05) is 24.2 Å². The number of ether oxygens (including phenoxy) is 1. The van der Waals surface area contributed by atoms with Crippen LogP contribution in [0.5, 0.6) is 5.75 Å². The van der Waals surface area contributed by atoms with Crippen LogP contribution in [0.15, 0.2) is 53.1 Å². The number of likely N-dealkylation sites (tertiary alicyclic amines) is 1. The van der Waals surface area contributed by atoms with Gasteiger partial charge in [0.05, 0.1) is 13.0 Å². The summed E-state index contributed by atoms with van der Waals surface area (Å²) in [5, 5.41) is 4.13. The fourth-order valence-corrected chi connectivity index (χ4v) is 3.58. The lowest BCUT2D eigenvalue weighted by Gasteiger charge is -2.31. The van der Waals surface area contributed by atoms with Gasteiger partial charge in [-0.3, -0.25) is 4.79 Å². The SMILES string of the molecule is COc1ccc(-c2noc([C@@H]3CCCN(C(=O)c4cccc(C)c4)C3)n2)cc1. The number of carbonyl (C=O) groups is 1. The molecule has 0 bridgehead atoms. The Morgan fingerprint density at radius 3 is 2.79 bits per heavy atom. The molecule has 1 saturated heterocycles. The fraction of sp³-hybridized carbons (Fsp3) is 0.318. The zero-order valence-electron chi connectivity index (χ0n) is 16.1. The summed E-state index contributed by atoms with van der Waals surface area (Å²) in [6.45, 7) is 3.34. The van der Waals surface area contributed by atoms with Gasteiger partial charge >= 0.3 is 0 Å². The number of rotatable bonds is 4. The van der Waals surface area contributed by atoms with Crippen molar-refractivity contribution < 1.29 is 14.1 Å². The molecule has 0 aliphatic carbocycles. The number of nitrogens with zero attached hydrogens (tertiary/aromatic N) is 3. The Labute approximate surface area is 164 Å². The highest BCUT2D eigenvalue weighted by Gasteiger charge is 2.29. The summed E-state index contributed by atoms with van der Waals surface area (Å²) in [5.74, 6) is 2.04. The van der Waals surface area contributed by atoms with E-state index in [9.17, 15) is 4.79 Å². The molecule has 6 nitrogen and oxygen atoms in total. The molecule has 1 atom stereocenters. The van der Waals surface area contributed by atoms with Crippen LogP contribution in [-0.4, -0.2) is 41.1 Å². The Bertz CT molecular complexity index is 965. The third-order valence-corrected chi connectivity index (χ3v) is 5.11. The van der Waals surface area contributed by atoms with E-state index in [0.29, 0.717) is 18.3 Å². The number of aryl methyl sites for hydroxylation is 1. The lowest BCUT2D eigenvalue weighted by molar-refractivity contribution is 0.0695. The minimum Gasteiger partial charge on any atom is -0.497 e. The number of carbonyl (C=O) groups excluding carboxylic acids is 1. The molecule has 144 valence electrons. The zero-order valence-corrected chi connectivity index (χ0v) is 16.1. The third-order valence-electron chi connectivity index (χ3n) is 5.11. The second-order valence-corrected chi connectivity index (χ2v) is 7.14. The predicted molar refractivity (Wildman–Crippen MR) is 105 cm³/mol. The number of piperidine rings is 1. The minimum absolute atomic E-state index is 0.0574.